The number of nitrogens with zero attached hydrogens (tertiary/aromatic N) is 3. The number of rotatable bonds is 3. The van der Waals surface area contributed by atoms with E-state index in [1.165, 1.54) is 12.0 Å². The fraction of sp³-hybridized carbons (Fsp3) is 0.471. The number of carbonyl (C=O) groups excluding carboxylic acids is 1. The maximum absolute atomic E-state index is 12.7. The van der Waals surface area contributed by atoms with Crippen LogP contribution in [0.4, 0.5) is 4.79 Å². The number of nitrogens with one attached hydrogen (secondary N) is 1. The van der Waals surface area contributed by atoms with E-state index in [4.69, 9.17) is 0 Å². The van der Waals surface area contributed by atoms with Gasteiger partial charge >= 0.3 is 6.03 Å². The molecule has 1 fully saturated rings. The van der Waals surface area contributed by atoms with Crippen LogP contribution in [-0.2, 0) is 6.54 Å². The summed E-state index contributed by atoms with van der Waals surface area (Å²) in [5.74, 6) is 0. The molecule has 1 atom stereocenters. The third-order valence-electron chi connectivity index (χ3n) is 4.16. The predicted octanol–water partition coefficient (Wildman–Crippen LogP) is 3.67. The number of hydrogen-bond donors (Lipinski definition) is 1. The quantitative estimate of drug-likeness (QED) is 0.934. The van der Waals surface area contributed by atoms with Crippen molar-refractivity contribution in [3.63, 3.8) is 0 Å². The van der Waals surface area contributed by atoms with Crippen molar-refractivity contribution in [1.29, 1.82) is 0 Å². The molecule has 6 heteroatoms. The molecular weight excluding hydrogens is 308 g/mol. The van der Waals surface area contributed by atoms with Crippen molar-refractivity contribution < 1.29 is 4.79 Å². The van der Waals surface area contributed by atoms with Gasteiger partial charge in [0.2, 0.25) is 0 Å². The smallest absolute Gasteiger partial charge is 0.318 e. The molecule has 0 aliphatic carbocycles. The highest BCUT2D eigenvalue weighted by atomic mass is 32.1. The summed E-state index contributed by atoms with van der Waals surface area (Å²) in [4.78, 5) is 23.2. The zero-order valence-corrected chi connectivity index (χ0v) is 14.2. The van der Waals surface area contributed by atoms with Crippen LogP contribution in [0.1, 0.15) is 48.0 Å². The number of amides is 2. The lowest BCUT2D eigenvalue weighted by molar-refractivity contribution is 0.175. The normalized spacial score (nSPS) is 18.5. The van der Waals surface area contributed by atoms with Gasteiger partial charge in [0.25, 0.3) is 0 Å². The van der Waals surface area contributed by atoms with Crippen molar-refractivity contribution in [3.8, 4) is 0 Å². The van der Waals surface area contributed by atoms with Gasteiger partial charge < -0.3 is 10.2 Å². The van der Waals surface area contributed by atoms with E-state index in [0.717, 1.165) is 36.5 Å². The number of carbonyl (C=O) groups is 1. The summed E-state index contributed by atoms with van der Waals surface area (Å²) in [6.45, 7) is 3.27. The van der Waals surface area contributed by atoms with Crippen molar-refractivity contribution >= 4 is 17.4 Å². The summed E-state index contributed by atoms with van der Waals surface area (Å²) in [7, 11) is 0. The molecule has 3 rings (SSSR count). The zero-order valence-electron chi connectivity index (χ0n) is 13.4. The Hall–Kier alpha value is -1.95. The first kappa shape index (κ1) is 15.9. The minimum Gasteiger partial charge on any atom is -0.331 e. The second kappa shape index (κ2) is 7.55. The monoisotopic (exact) mass is 330 g/mol. The van der Waals surface area contributed by atoms with Crippen molar-refractivity contribution in [2.24, 2.45) is 0 Å². The van der Waals surface area contributed by atoms with Gasteiger partial charge in [0.05, 0.1) is 12.6 Å². The van der Waals surface area contributed by atoms with Crippen LogP contribution in [0, 0.1) is 6.92 Å². The first-order valence-corrected chi connectivity index (χ1v) is 8.97. The van der Waals surface area contributed by atoms with Crippen LogP contribution < -0.4 is 5.32 Å². The Morgan fingerprint density at radius 1 is 1.35 bits per heavy atom. The van der Waals surface area contributed by atoms with Gasteiger partial charge in [-0.15, -0.1) is 11.3 Å². The van der Waals surface area contributed by atoms with E-state index < -0.39 is 0 Å². The Bertz CT molecular complexity index is 643. The topological polar surface area (TPSA) is 58.1 Å². The molecule has 5 nitrogen and oxygen atoms in total. The maximum Gasteiger partial charge on any atom is 0.318 e. The van der Waals surface area contributed by atoms with Gasteiger partial charge in [0.15, 0.2) is 0 Å². The van der Waals surface area contributed by atoms with Crippen molar-refractivity contribution in [3.05, 3.63) is 46.2 Å². The average molecular weight is 330 g/mol. The third-order valence-corrected chi connectivity index (χ3v) is 5.13. The zero-order chi connectivity index (χ0) is 16.1. The average Bonchev–Trinajstić information content (AvgIpc) is 2.85. The molecule has 122 valence electrons. The molecule has 0 bridgehead atoms. The van der Waals surface area contributed by atoms with Gasteiger partial charge in [0.1, 0.15) is 5.01 Å². The lowest BCUT2D eigenvalue weighted by Crippen LogP contribution is -2.41. The second-order valence-corrected chi connectivity index (χ2v) is 6.82. The molecule has 0 radical (unpaired) electrons. The number of urea groups is 1. The Morgan fingerprint density at radius 2 is 2.17 bits per heavy atom. The van der Waals surface area contributed by atoms with Crippen molar-refractivity contribution in [2.75, 3.05) is 6.54 Å². The molecule has 2 aromatic heterocycles. The summed E-state index contributed by atoms with van der Waals surface area (Å²) in [5, 5.41) is 5.99. The molecule has 1 aliphatic rings. The molecule has 0 aromatic carbocycles. The Labute approximate surface area is 140 Å². The fourth-order valence-electron chi connectivity index (χ4n) is 3.02. The van der Waals surface area contributed by atoms with Crippen LogP contribution in [0.5, 0.6) is 0 Å². The number of hydrogen-bond acceptors (Lipinski definition) is 4. The maximum atomic E-state index is 12.7. The molecule has 0 saturated carbocycles. The van der Waals surface area contributed by atoms with Crippen molar-refractivity contribution in [1.82, 2.24) is 20.2 Å². The van der Waals surface area contributed by atoms with Crippen LogP contribution in [0.25, 0.3) is 0 Å². The lowest BCUT2D eigenvalue weighted by Gasteiger charge is -2.30. The molecule has 1 unspecified atom stereocenters. The molecule has 2 amide bonds. The lowest BCUT2D eigenvalue weighted by atomic mass is 10.0. The minimum atomic E-state index is 0.00145. The Balaban J connectivity index is 1.70. The van der Waals surface area contributed by atoms with Crippen molar-refractivity contribution in [2.45, 2.75) is 45.2 Å². The molecule has 23 heavy (non-hydrogen) atoms. The van der Waals surface area contributed by atoms with E-state index in [1.807, 2.05) is 29.3 Å². The fourth-order valence-corrected chi connectivity index (χ4v) is 3.73. The van der Waals surface area contributed by atoms with E-state index >= 15 is 0 Å². The number of thiazole rings is 1. The first-order chi connectivity index (χ1) is 11.2. The van der Waals surface area contributed by atoms with E-state index in [0.29, 0.717) is 6.54 Å². The number of pyridine rings is 1. The summed E-state index contributed by atoms with van der Waals surface area (Å²) in [6.07, 6.45) is 8.00. The molecule has 1 N–H and O–H groups in total. The Morgan fingerprint density at radius 3 is 2.91 bits per heavy atom. The number of aryl methyl sites for hydroxylation is 1. The van der Waals surface area contributed by atoms with Crippen LogP contribution in [-0.4, -0.2) is 27.4 Å². The van der Waals surface area contributed by atoms with Gasteiger partial charge in [-0.2, -0.15) is 0 Å². The Kier molecular flexibility index (Phi) is 5.23. The summed E-state index contributed by atoms with van der Waals surface area (Å²) >= 11 is 1.59. The van der Waals surface area contributed by atoms with E-state index in [1.54, 1.807) is 23.7 Å². The molecule has 1 aliphatic heterocycles. The van der Waals surface area contributed by atoms with Crippen LogP contribution in [0.2, 0.25) is 0 Å². The van der Waals surface area contributed by atoms with Crippen LogP contribution in [0.15, 0.2) is 29.9 Å². The highest BCUT2D eigenvalue weighted by molar-refractivity contribution is 7.09. The van der Waals surface area contributed by atoms with Gasteiger partial charge in [-0.1, -0.05) is 12.8 Å². The highest BCUT2D eigenvalue weighted by Gasteiger charge is 2.26. The van der Waals surface area contributed by atoms with Gasteiger partial charge in [0, 0.05) is 30.0 Å². The standard InChI is InChI=1S/C17H22N4OS/c1-13-12-23-16(20-13)11-19-17(22)21-10-4-2-3-5-15(21)14-6-8-18-9-7-14/h6-9,12,15H,2-5,10-11H2,1H3,(H,19,22). The van der Waals surface area contributed by atoms with E-state index in [2.05, 4.69) is 15.3 Å². The molecule has 0 spiro atoms. The molecule has 3 heterocycles. The SMILES string of the molecule is Cc1csc(CNC(=O)N2CCCCCC2c2ccncc2)n1. The van der Waals surface area contributed by atoms with E-state index in [-0.39, 0.29) is 12.1 Å². The van der Waals surface area contributed by atoms with Crippen LogP contribution in [0.3, 0.4) is 0 Å². The largest absolute Gasteiger partial charge is 0.331 e. The minimum absolute atomic E-state index is 0.00145. The first-order valence-electron chi connectivity index (χ1n) is 8.09. The number of likely N-dealkylation sites (tertiary alicyclic amines) is 1. The van der Waals surface area contributed by atoms with Gasteiger partial charge in [-0.3, -0.25) is 4.98 Å². The number of aromatic nitrogens is 2. The van der Waals surface area contributed by atoms with Gasteiger partial charge in [-0.25, -0.2) is 9.78 Å². The van der Waals surface area contributed by atoms with E-state index in [9.17, 15) is 4.79 Å². The predicted molar refractivity (Wildman–Crippen MR) is 91.2 cm³/mol. The van der Waals surface area contributed by atoms with Gasteiger partial charge in [-0.05, 0) is 37.5 Å². The summed E-state index contributed by atoms with van der Waals surface area (Å²) < 4.78 is 0. The third kappa shape index (κ3) is 4.07. The van der Waals surface area contributed by atoms with Crippen LogP contribution >= 0.6 is 11.3 Å². The second-order valence-electron chi connectivity index (χ2n) is 5.88. The summed E-state index contributed by atoms with van der Waals surface area (Å²) in [5.41, 5.74) is 2.17. The molecule has 2 aromatic rings. The molecule has 1 saturated heterocycles. The summed E-state index contributed by atoms with van der Waals surface area (Å²) in [6, 6.07) is 4.17. The molecular formula is C17H22N4OS. The highest BCUT2D eigenvalue weighted by Crippen LogP contribution is 2.29.